The molecular formula is C16H32O4Si. The topological polar surface area (TPSA) is 44.8 Å². The maximum absolute atomic E-state index is 12.4. The van der Waals surface area contributed by atoms with E-state index in [1.165, 1.54) is 0 Å². The van der Waals surface area contributed by atoms with Gasteiger partial charge >= 0.3 is 8.56 Å². The van der Waals surface area contributed by atoms with Gasteiger partial charge in [0.25, 0.3) is 0 Å². The molecule has 0 aromatic heterocycles. The van der Waals surface area contributed by atoms with E-state index in [0.717, 1.165) is 25.3 Å². The number of hydrogen-bond donors (Lipinski definition) is 0. The third-order valence-corrected chi connectivity index (χ3v) is 10.9. The molecule has 2 atom stereocenters. The molecule has 0 saturated carbocycles. The molecule has 0 bridgehead atoms. The molecule has 21 heavy (non-hydrogen) atoms. The van der Waals surface area contributed by atoms with Gasteiger partial charge in [-0.3, -0.25) is 4.79 Å². The third kappa shape index (κ3) is 2.24. The second-order valence-corrected chi connectivity index (χ2v) is 10.6. The molecule has 1 aliphatic rings. The van der Waals surface area contributed by atoms with Gasteiger partial charge in [0.1, 0.15) is 11.0 Å². The van der Waals surface area contributed by atoms with Crippen molar-refractivity contribution in [3.05, 3.63) is 0 Å². The molecule has 0 spiro atoms. The molecule has 1 aliphatic heterocycles. The first kappa shape index (κ1) is 18.8. The summed E-state index contributed by atoms with van der Waals surface area (Å²) in [5.41, 5.74) is -0.779. The van der Waals surface area contributed by atoms with Crippen LogP contribution in [-0.4, -0.2) is 40.9 Å². The Kier molecular flexibility index (Phi) is 5.47. The van der Waals surface area contributed by atoms with Gasteiger partial charge in [0, 0.05) is 32.2 Å². The molecule has 1 rings (SSSR count). The van der Waals surface area contributed by atoms with Gasteiger partial charge in [-0.25, -0.2) is 0 Å². The van der Waals surface area contributed by atoms with Gasteiger partial charge in [-0.15, -0.1) is 0 Å². The summed E-state index contributed by atoms with van der Waals surface area (Å²) in [5.74, 6) is 0.222. The van der Waals surface area contributed by atoms with E-state index < -0.39 is 19.2 Å². The number of hydrogen-bond acceptors (Lipinski definition) is 4. The lowest BCUT2D eigenvalue weighted by Gasteiger charge is -2.63. The van der Waals surface area contributed by atoms with Crippen molar-refractivity contribution < 1.29 is 18.4 Å². The Balaban J connectivity index is 3.58. The Labute approximate surface area is 130 Å². The number of carbonyl (C=O) groups is 1. The number of carbonyl (C=O) groups excluding carboxylic acids is 1. The number of ether oxygens (including phenoxy) is 1. The predicted octanol–water partition coefficient (Wildman–Crippen LogP) is 3.47. The fourth-order valence-electron chi connectivity index (χ4n) is 4.45. The summed E-state index contributed by atoms with van der Waals surface area (Å²) in [6.45, 7) is 10.2. The van der Waals surface area contributed by atoms with Gasteiger partial charge in [0.05, 0.1) is 0 Å². The van der Waals surface area contributed by atoms with E-state index in [1.54, 1.807) is 28.3 Å². The lowest BCUT2D eigenvalue weighted by atomic mass is 9.58. The average Bonchev–Trinajstić information content (AvgIpc) is 2.45. The molecule has 0 aromatic rings. The minimum Gasteiger partial charge on any atom is -0.396 e. The van der Waals surface area contributed by atoms with Gasteiger partial charge in [-0.05, 0) is 25.8 Å². The number of ketones is 1. The molecule has 2 unspecified atom stereocenters. The van der Waals surface area contributed by atoms with Crippen molar-refractivity contribution in [1.82, 2.24) is 0 Å². The second-order valence-electron chi connectivity index (χ2n) is 6.96. The van der Waals surface area contributed by atoms with Crippen molar-refractivity contribution in [3.8, 4) is 0 Å². The van der Waals surface area contributed by atoms with Crippen LogP contribution < -0.4 is 0 Å². The Morgan fingerprint density at radius 2 is 1.67 bits per heavy atom. The highest BCUT2D eigenvalue weighted by molar-refractivity contribution is 6.71. The minimum absolute atomic E-state index is 0.222. The fraction of sp³-hybridized carbons (Fsp3) is 0.938. The summed E-state index contributed by atoms with van der Waals surface area (Å²) in [6.07, 6.45) is 2.60. The summed E-state index contributed by atoms with van der Waals surface area (Å²) >= 11 is 0. The van der Waals surface area contributed by atoms with Gasteiger partial charge < -0.3 is 13.6 Å². The van der Waals surface area contributed by atoms with Crippen molar-refractivity contribution in [2.45, 2.75) is 65.1 Å². The first-order valence-electron chi connectivity index (χ1n) is 7.81. The highest BCUT2D eigenvalue weighted by Crippen LogP contribution is 2.61. The quantitative estimate of drug-likeness (QED) is 0.704. The van der Waals surface area contributed by atoms with E-state index in [2.05, 4.69) is 27.7 Å². The molecule has 124 valence electrons. The summed E-state index contributed by atoms with van der Waals surface area (Å²) in [6, 6.07) is 0.785. The van der Waals surface area contributed by atoms with Crippen LogP contribution in [0.5, 0.6) is 0 Å². The van der Waals surface area contributed by atoms with Crippen molar-refractivity contribution >= 4 is 14.3 Å². The Morgan fingerprint density at radius 3 is 2.00 bits per heavy atom. The molecule has 1 heterocycles. The molecule has 0 amide bonds. The predicted molar refractivity (Wildman–Crippen MR) is 86.4 cm³/mol. The van der Waals surface area contributed by atoms with Crippen LogP contribution in [0.3, 0.4) is 0 Å². The molecule has 0 aromatic carbocycles. The molecule has 0 aliphatic carbocycles. The van der Waals surface area contributed by atoms with Gasteiger partial charge in [-0.2, -0.15) is 0 Å². The molecule has 4 nitrogen and oxygen atoms in total. The Bertz CT molecular complexity index is 392. The smallest absolute Gasteiger partial charge is 0.371 e. The summed E-state index contributed by atoms with van der Waals surface area (Å²) < 4.78 is 18.1. The van der Waals surface area contributed by atoms with Gasteiger partial charge in [0.15, 0.2) is 0 Å². The molecule has 5 heteroatoms. The van der Waals surface area contributed by atoms with Crippen molar-refractivity contribution in [3.63, 3.8) is 0 Å². The van der Waals surface area contributed by atoms with Crippen LogP contribution in [0.2, 0.25) is 6.04 Å². The van der Waals surface area contributed by atoms with Crippen LogP contribution in [0.1, 0.15) is 53.9 Å². The van der Waals surface area contributed by atoms with Gasteiger partial charge in [-0.1, -0.05) is 34.1 Å². The van der Waals surface area contributed by atoms with Crippen LogP contribution in [0.25, 0.3) is 0 Å². The number of methoxy groups -OCH3 is 1. The monoisotopic (exact) mass is 316 g/mol. The third-order valence-electron chi connectivity index (χ3n) is 6.35. The lowest BCUT2D eigenvalue weighted by molar-refractivity contribution is -0.165. The van der Waals surface area contributed by atoms with Gasteiger partial charge in [0.2, 0.25) is 0 Å². The summed E-state index contributed by atoms with van der Waals surface area (Å²) in [5, 5.41) is -0.531. The van der Waals surface area contributed by atoms with E-state index in [1.807, 2.05) is 0 Å². The van der Waals surface area contributed by atoms with E-state index in [0.29, 0.717) is 0 Å². The van der Waals surface area contributed by atoms with E-state index >= 15 is 0 Å². The first-order chi connectivity index (χ1) is 9.64. The van der Waals surface area contributed by atoms with Crippen LogP contribution in [-0.2, 0) is 18.4 Å². The zero-order valence-corrected chi connectivity index (χ0v) is 16.0. The largest absolute Gasteiger partial charge is 0.396 e. The maximum atomic E-state index is 12.4. The fourth-order valence-corrected chi connectivity index (χ4v) is 9.09. The summed E-state index contributed by atoms with van der Waals surface area (Å²) in [7, 11) is 2.62. The van der Waals surface area contributed by atoms with E-state index in [-0.39, 0.29) is 11.2 Å². The zero-order valence-electron chi connectivity index (χ0n) is 15.0. The Hall–Kier alpha value is -0.233. The first-order valence-corrected chi connectivity index (χ1v) is 9.83. The molecular weight excluding hydrogens is 284 g/mol. The van der Waals surface area contributed by atoms with E-state index in [4.69, 9.17) is 13.6 Å². The molecule has 0 N–H and O–H groups in total. The highest BCUT2D eigenvalue weighted by atomic mass is 28.4. The van der Waals surface area contributed by atoms with Crippen LogP contribution in [0.4, 0.5) is 0 Å². The molecule has 1 fully saturated rings. The molecule has 1 saturated heterocycles. The van der Waals surface area contributed by atoms with Crippen molar-refractivity contribution in [2.24, 2.45) is 10.8 Å². The average molecular weight is 317 g/mol. The number of Topliss-reactive ketones (excluding diaryl/α,β-unsaturated/α-hetero) is 1. The van der Waals surface area contributed by atoms with Crippen LogP contribution in [0, 0.1) is 10.8 Å². The van der Waals surface area contributed by atoms with E-state index in [9.17, 15) is 4.79 Å². The zero-order chi connectivity index (χ0) is 16.5. The highest BCUT2D eigenvalue weighted by Gasteiger charge is 2.72. The van der Waals surface area contributed by atoms with Crippen LogP contribution >= 0.6 is 0 Å². The van der Waals surface area contributed by atoms with Crippen LogP contribution in [0.15, 0.2) is 0 Å². The minimum atomic E-state index is -2.58. The number of rotatable bonds is 6. The SMILES string of the molecule is CCCC1(OC)C(C)(C)C(C)(C(C)=O)CC[Si]1(OC)OC. The maximum Gasteiger partial charge on any atom is 0.371 e. The lowest BCUT2D eigenvalue weighted by Crippen LogP contribution is -2.76. The van der Waals surface area contributed by atoms with Crippen molar-refractivity contribution in [1.29, 1.82) is 0 Å². The Morgan fingerprint density at radius 1 is 1.14 bits per heavy atom. The normalized spacial score (nSPS) is 34.7. The van der Waals surface area contributed by atoms with Crippen molar-refractivity contribution in [2.75, 3.05) is 21.3 Å². The standard InChI is InChI=1S/C16H32O4Si/c1-9-10-16(18-6)14(3,4)15(5,13(2)17)11-12-21(16,19-7)20-8/h9-12H2,1-8H3. The molecule has 0 radical (unpaired) electrons. The summed E-state index contributed by atoms with van der Waals surface area (Å²) in [4.78, 5) is 12.4. The second kappa shape index (κ2) is 6.11.